The van der Waals surface area contributed by atoms with E-state index in [1.807, 2.05) is 62.4 Å². The lowest BCUT2D eigenvalue weighted by Crippen LogP contribution is -2.37. The molecule has 2 aromatic carbocycles. The summed E-state index contributed by atoms with van der Waals surface area (Å²) in [7, 11) is 0. The number of benzene rings is 2. The van der Waals surface area contributed by atoms with Crippen LogP contribution in [-0.2, 0) is 4.79 Å². The molecule has 2 aromatic rings. The summed E-state index contributed by atoms with van der Waals surface area (Å²) < 4.78 is 23.3. The molecule has 1 saturated heterocycles. The molecule has 0 aliphatic carbocycles. The van der Waals surface area contributed by atoms with Gasteiger partial charge in [-0.1, -0.05) is 32.9 Å². The number of carbonyl (C=O) groups is 1. The van der Waals surface area contributed by atoms with E-state index in [1.165, 1.54) is 0 Å². The number of likely N-dealkylation sites (N-methyl/N-ethyl adjacent to an activating group) is 1. The first-order chi connectivity index (χ1) is 18.0. The van der Waals surface area contributed by atoms with Gasteiger partial charge in [0, 0.05) is 24.2 Å². The predicted molar refractivity (Wildman–Crippen MR) is 150 cm³/mol. The first kappa shape index (κ1) is 28.3. The van der Waals surface area contributed by atoms with Crippen LogP contribution in [0.3, 0.4) is 0 Å². The maximum Gasteiger partial charge on any atom is 0.187 e. The first-order valence-electron chi connectivity index (χ1n) is 13.5. The molecule has 1 aliphatic rings. The minimum absolute atomic E-state index is 0.0678. The molecule has 0 amide bonds. The molecule has 3 rings (SSSR count). The van der Waals surface area contributed by atoms with Crippen molar-refractivity contribution in [1.82, 2.24) is 4.90 Å². The van der Waals surface area contributed by atoms with Crippen LogP contribution in [0.1, 0.15) is 58.6 Å². The topological polar surface area (TPSA) is 57.2 Å². The summed E-state index contributed by atoms with van der Waals surface area (Å²) in [5.74, 6) is 2.93. The molecule has 0 radical (unpaired) electrons. The second kappa shape index (κ2) is 14.5. The zero-order valence-electron chi connectivity index (χ0n) is 23.0. The number of Topliss-reactive ketones (excluding diaryl/α,β-unsaturated/α-hetero) is 1. The van der Waals surface area contributed by atoms with E-state index in [1.54, 1.807) is 0 Å². The van der Waals surface area contributed by atoms with E-state index >= 15 is 0 Å². The lowest BCUT2D eigenvalue weighted by molar-refractivity contribution is -0.113. The second-order valence-corrected chi connectivity index (χ2v) is 8.95. The molecule has 0 unspecified atom stereocenters. The fourth-order valence-corrected chi connectivity index (χ4v) is 4.16. The van der Waals surface area contributed by atoms with Crippen molar-refractivity contribution in [2.24, 2.45) is 0 Å². The quantitative estimate of drug-likeness (QED) is 0.291. The zero-order valence-corrected chi connectivity index (χ0v) is 23.0. The summed E-state index contributed by atoms with van der Waals surface area (Å²) in [4.78, 5) is 15.8. The molecular formula is C31H41NO5. The van der Waals surface area contributed by atoms with E-state index < -0.39 is 0 Å². The first-order valence-corrected chi connectivity index (χ1v) is 13.5. The predicted octanol–water partition coefficient (Wildman–Crippen LogP) is 6.43. The Balaban J connectivity index is 1.92. The van der Waals surface area contributed by atoms with Crippen molar-refractivity contribution in [2.75, 3.05) is 46.1 Å². The highest BCUT2D eigenvalue weighted by Crippen LogP contribution is 2.32. The van der Waals surface area contributed by atoms with Gasteiger partial charge in [-0.05, 0) is 80.8 Å². The fourth-order valence-electron chi connectivity index (χ4n) is 4.16. The summed E-state index contributed by atoms with van der Waals surface area (Å²) >= 11 is 0. The number of likely N-dealkylation sites (tertiary alicyclic amines) is 1. The molecule has 1 heterocycles. The van der Waals surface area contributed by atoms with Gasteiger partial charge >= 0.3 is 0 Å². The van der Waals surface area contributed by atoms with Crippen molar-refractivity contribution >= 4 is 17.9 Å². The Morgan fingerprint density at radius 1 is 0.676 bits per heavy atom. The maximum absolute atomic E-state index is 13.6. The molecular weight excluding hydrogens is 466 g/mol. The van der Waals surface area contributed by atoms with Crippen LogP contribution in [-0.4, -0.2) is 56.7 Å². The van der Waals surface area contributed by atoms with Gasteiger partial charge < -0.3 is 18.9 Å². The van der Waals surface area contributed by atoms with Gasteiger partial charge in [0.1, 0.15) is 0 Å². The molecule has 0 atom stereocenters. The van der Waals surface area contributed by atoms with E-state index in [0.717, 1.165) is 53.2 Å². The van der Waals surface area contributed by atoms with Gasteiger partial charge in [0.05, 0.1) is 26.4 Å². The molecule has 0 aromatic heterocycles. The molecule has 0 spiro atoms. The molecule has 1 aliphatic heterocycles. The lowest BCUT2D eigenvalue weighted by atomic mass is 9.94. The molecule has 37 heavy (non-hydrogen) atoms. The van der Waals surface area contributed by atoms with Gasteiger partial charge in [0.2, 0.25) is 0 Å². The van der Waals surface area contributed by atoms with Gasteiger partial charge in [-0.2, -0.15) is 0 Å². The normalized spacial score (nSPS) is 16.3. The maximum atomic E-state index is 13.6. The summed E-state index contributed by atoms with van der Waals surface area (Å²) in [5, 5.41) is 0. The van der Waals surface area contributed by atoms with Crippen molar-refractivity contribution < 1.29 is 23.7 Å². The van der Waals surface area contributed by atoms with Crippen LogP contribution >= 0.6 is 0 Å². The monoisotopic (exact) mass is 507 g/mol. The molecule has 1 fully saturated rings. The van der Waals surface area contributed by atoms with E-state index in [9.17, 15) is 4.79 Å². The van der Waals surface area contributed by atoms with Crippen molar-refractivity contribution in [2.45, 2.75) is 47.5 Å². The fraction of sp³-hybridized carbons (Fsp3) is 0.452. The van der Waals surface area contributed by atoms with Crippen molar-refractivity contribution in [1.29, 1.82) is 0 Å². The van der Waals surface area contributed by atoms with Crippen LogP contribution in [0.25, 0.3) is 12.2 Å². The number of rotatable bonds is 13. The van der Waals surface area contributed by atoms with Gasteiger partial charge in [-0.25, -0.2) is 0 Å². The van der Waals surface area contributed by atoms with Crippen molar-refractivity contribution in [3.63, 3.8) is 0 Å². The van der Waals surface area contributed by atoms with Crippen LogP contribution in [0.15, 0.2) is 47.5 Å². The summed E-state index contributed by atoms with van der Waals surface area (Å²) in [6, 6.07) is 11.7. The van der Waals surface area contributed by atoms with Crippen LogP contribution < -0.4 is 18.9 Å². The molecule has 0 saturated carbocycles. The standard InChI is InChI=1S/C31H41NO5/c1-6-15-36-27-13-11-23(19-29(27)34-9-4)17-25-21-32(8-3)22-26(31(25)33)18-24-12-14-28(37-16-7-2)30(20-24)35-10-5/h11-14,17-20H,6-10,15-16,21-22H2,1-5H3/b25-17+,26-18+. The Morgan fingerprint density at radius 3 is 1.51 bits per heavy atom. The lowest BCUT2D eigenvalue weighted by Gasteiger charge is -2.28. The molecule has 0 bridgehead atoms. The minimum Gasteiger partial charge on any atom is -0.490 e. The zero-order chi connectivity index (χ0) is 26.6. The van der Waals surface area contributed by atoms with Gasteiger partial charge in [0.15, 0.2) is 28.8 Å². The number of hydrogen-bond acceptors (Lipinski definition) is 6. The number of piperidine rings is 1. The molecule has 6 nitrogen and oxygen atoms in total. The van der Waals surface area contributed by atoms with Crippen LogP contribution in [0, 0.1) is 0 Å². The number of nitrogens with zero attached hydrogens (tertiary/aromatic N) is 1. The van der Waals surface area contributed by atoms with Crippen LogP contribution in [0.5, 0.6) is 23.0 Å². The molecule has 200 valence electrons. The Kier molecular flexibility index (Phi) is 11.1. The van der Waals surface area contributed by atoms with E-state index in [-0.39, 0.29) is 5.78 Å². The van der Waals surface area contributed by atoms with Gasteiger partial charge in [-0.3, -0.25) is 9.69 Å². The second-order valence-electron chi connectivity index (χ2n) is 8.95. The summed E-state index contributed by atoms with van der Waals surface area (Å²) in [6.07, 6.45) is 5.79. The van der Waals surface area contributed by atoms with E-state index in [2.05, 4.69) is 25.7 Å². The van der Waals surface area contributed by atoms with E-state index in [4.69, 9.17) is 18.9 Å². The Morgan fingerprint density at radius 2 is 1.14 bits per heavy atom. The highest BCUT2D eigenvalue weighted by atomic mass is 16.5. The Labute approximate surface area is 221 Å². The largest absolute Gasteiger partial charge is 0.490 e. The summed E-state index contributed by atoms with van der Waals surface area (Å²) in [6.45, 7) is 14.6. The third-order valence-corrected chi connectivity index (χ3v) is 5.96. The number of carbonyl (C=O) groups excluding carboxylic acids is 1. The van der Waals surface area contributed by atoms with Gasteiger partial charge in [0.25, 0.3) is 0 Å². The van der Waals surface area contributed by atoms with Crippen molar-refractivity contribution in [3.05, 3.63) is 58.7 Å². The van der Waals surface area contributed by atoms with Crippen molar-refractivity contribution in [3.8, 4) is 23.0 Å². The Hall–Kier alpha value is -3.25. The number of hydrogen-bond donors (Lipinski definition) is 0. The summed E-state index contributed by atoms with van der Waals surface area (Å²) in [5.41, 5.74) is 3.36. The molecule has 6 heteroatoms. The number of ketones is 1. The van der Waals surface area contributed by atoms with Gasteiger partial charge in [-0.15, -0.1) is 0 Å². The molecule has 0 N–H and O–H groups in total. The number of ether oxygens (including phenoxy) is 4. The average molecular weight is 508 g/mol. The SMILES string of the molecule is CCCOc1ccc(/C=C2\CN(CC)C/C(=C\c3ccc(OCCC)c(OCC)c3)C2=O)cc1OCC. The van der Waals surface area contributed by atoms with E-state index in [0.29, 0.717) is 51.0 Å². The average Bonchev–Trinajstić information content (AvgIpc) is 2.90. The third kappa shape index (κ3) is 7.86. The minimum atomic E-state index is 0.0678. The highest BCUT2D eigenvalue weighted by molar-refractivity contribution is 6.14. The van der Waals surface area contributed by atoms with Crippen LogP contribution in [0.2, 0.25) is 0 Å². The third-order valence-electron chi connectivity index (χ3n) is 5.96. The smallest absolute Gasteiger partial charge is 0.187 e. The Bertz CT molecular complexity index is 1020. The van der Waals surface area contributed by atoms with Crippen LogP contribution in [0.4, 0.5) is 0 Å². The highest BCUT2D eigenvalue weighted by Gasteiger charge is 2.25.